The minimum atomic E-state index is -0.348. The highest BCUT2D eigenvalue weighted by Crippen LogP contribution is 2.27. The molecular weight excluding hydrogens is 312 g/mol. The van der Waals surface area contributed by atoms with E-state index in [1.807, 2.05) is 31.2 Å². The molecule has 1 saturated heterocycles. The lowest BCUT2D eigenvalue weighted by Crippen LogP contribution is -2.28. The Bertz CT molecular complexity index is 726. The fourth-order valence-corrected chi connectivity index (χ4v) is 2.76. The Morgan fingerprint density at radius 2 is 1.78 bits per heavy atom. The van der Waals surface area contributed by atoms with Gasteiger partial charge in [0.15, 0.2) is 0 Å². The molecule has 0 unspecified atom stereocenters. The molecule has 3 rings (SSSR count). The lowest BCUT2D eigenvalue weighted by molar-refractivity contribution is -0.122. The molecule has 1 atom stereocenters. The van der Waals surface area contributed by atoms with Crippen LogP contribution in [0.5, 0.6) is 0 Å². The molecule has 1 aliphatic heterocycles. The van der Waals surface area contributed by atoms with Crippen molar-refractivity contribution in [2.24, 2.45) is 5.92 Å². The van der Waals surface area contributed by atoms with Crippen molar-refractivity contribution in [3.05, 3.63) is 59.1 Å². The number of anilines is 2. The first-order chi connectivity index (χ1) is 11.0. The van der Waals surface area contributed by atoms with Crippen molar-refractivity contribution in [1.29, 1.82) is 0 Å². The second-order valence-corrected chi connectivity index (χ2v) is 6.17. The molecule has 0 saturated carbocycles. The van der Waals surface area contributed by atoms with E-state index < -0.39 is 0 Å². The molecule has 2 aromatic carbocycles. The summed E-state index contributed by atoms with van der Waals surface area (Å²) in [6.45, 7) is 2.38. The van der Waals surface area contributed by atoms with Crippen LogP contribution in [0.1, 0.15) is 12.0 Å². The standard InChI is InChI=1S/C18H17ClN2O2/c1-12-2-6-15(7-3-12)20-18(23)13-10-17(22)21(11-13)16-8-4-14(19)5-9-16/h2-9,13H,10-11H2,1H3,(H,20,23)/t13-/m1/s1. The van der Waals surface area contributed by atoms with E-state index in [0.717, 1.165) is 16.9 Å². The van der Waals surface area contributed by atoms with Gasteiger partial charge in [-0.3, -0.25) is 9.59 Å². The monoisotopic (exact) mass is 328 g/mol. The second-order valence-electron chi connectivity index (χ2n) is 5.74. The average molecular weight is 329 g/mol. The van der Waals surface area contributed by atoms with Crippen LogP contribution in [0, 0.1) is 12.8 Å². The molecule has 0 aliphatic carbocycles. The largest absolute Gasteiger partial charge is 0.326 e. The molecular formula is C18H17ClN2O2. The van der Waals surface area contributed by atoms with E-state index in [2.05, 4.69) is 5.32 Å². The van der Waals surface area contributed by atoms with Crippen LogP contribution in [-0.4, -0.2) is 18.4 Å². The normalized spacial score (nSPS) is 17.4. The number of benzene rings is 2. The van der Waals surface area contributed by atoms with Crippen LogP contribution in [0.25, 0.3) is 0 Å². The molecule has 0 radical (unpaired) electrons. The molecule has 1 heterocycles. The maximum Gasteiger partial charge on any atom is 0.229 e. The molecule has 4 nitrogen and oxygen atoms in total. The SMILES string of the molecule is Cc1ccc(NC(=O)[C@@H]2CC(=O)N(c3ccc(Cl)cc3)C2)cc1. The Balaban J connectivity index is 1.68. The fraction of sp³-hybridized carbons (Fsp3) is 0.222. The van der Waals surface area contributed by atoms with Crippen LogP contribution < -0.4 is 10.2 Å². The van der Waals surface area contributed by atoms with Crippen molar-refractivity contribution in [3.8, 4) is 0 Å². The van der Waals surface area contributed by atoms with Crippen LogP contribution >= 0.6 is 11.6 Å². The van der Waals surface area contributed by atoms with Gasteiger partial charge >= 0.3 is 0 Å². The van der Waals surface area contributed by atoms with Crippen molar-refractivity contribution in [2.75, 3.05) is 16.8 Å². The number of aryl methyl sites for hydroxylation is 1. The maximum absolute atomic E-state index is 12.4. The number of halogens is 1. The molecule has 1 fully saturated rings. The molecule has 0 spiro atoms. The number of hydrogen-bond acceptors (Lipinski definition) is 2. The molecule has 5 heteroatoms. The summed E-state index contributed by atoms with van der Waals surface area (Å²) in [4.78, 5) is 26.2. The number of rotatable bonds is 3. The summed E-state index contributed by atoms with van der Waals surface area (Å²) in [6, 6.07) is 14.7. The predicted octanol–water partition coefficient (Wildman–Crippen LogP) is 3.64. The minimum absolute atomic E-state index is 0.0450. The third kappa shape index (κ3) is 3.54. The first-order valence-electron chi connectivity index (χ1n) is 7.46. The van der Waals surface area contributed by atoms with Gasteiger partial charge in [0.05, 0.1) is 5.92 Å². The maximum atomic E-state index is 12.4. The first kappa shape index (κ1) is 15.6. The summed E-state index contributed by atoms with van der Waals surface area (Å²) < 4.78 is 0. The number of carbonyl (C=O) groups excluding carboxylic acids is 2. The topological polar surface area (TPSA) is 49.4 Å². The van der Waals surface area contributed by atoms with Gasteiger partial charge in [0.2, 0.25) is 11.8 Å². The molecule has 118 valence electrons. The highest BCUT2D eigenvalue weighted by Gasteiger charge is 2.35. The third-order valence-corrected chi connectivity index (χ3v) is 4.21. The smallest absolute Gasteiger partial charge is 0.229 e. The zero-order chi connectivity index (χ0) is 16.4. The second kappa shape index (κ2) is 6.42. The summed E-state index contributed by atoms with van der Waals surface area (Å²) in [7, 11) is 0. The summed E-state index contributed by atoms with van der Waals surface area (Å²) >= 11 is 5.87. The summed E-state index contributed by atoms with van der Waals surface area (Å²) in [5.41, 5.74) is 2.65. The van der Waals surface area contributed by atoms with Gasteiger partial charge < -0.3 is 10.2 Å². The van der Waals surface area contributed by atoms with Crippen LogP contribution in [0.3, 0.4) is 0 Å². The zero-order valence-electron chi connectivity index (χ0n) is 12.8. The lowest BCUT2D eigenvalue weighted by atomic mass is 10.1. The van der Waals surface area contributed by atoms with Crippen molar-refractivity contribution < 1.29 is 9.59 Å². The molecule has 2 amide bonds. The quantitative estimate of drug-likeness (QED) is 0.935. The van der Waals surface area contributed by atoms with Gasteiger partial charge in [-0.25, -0.2) is 0 Å². The van der Waals surface area contributed by atoms with Crippen LogP contribution in [0.15, 0.2) is 48.5 Å². The number of carbonyl (C=O) groups is 2. The van der Waals surface area contributed by atoms with Gasteiger partial charge in [-0.15, -0.1) is 0 Å². The average Bonchev–Trinajstić information content (AvgIpc) is 2.92. The molecule has 0 aromatic heterocycles. The Morgan fingerprint density at radius 1 is 1.13 bits per heavy atom. The van der Waals surface area contributed by atoms with Gasteiger partial charge in [0, 0.05) is 29.4 Å². The first-order valence-corrected chi connectivity index (χ1v) is 7.84. The zero-order valence-corrected chi connectivity index (χ0v) is 13.5. The van der Waals surface area contributed by atoms with Gasteiger partial charge in [-0.2, -0.15) is 0 Å². The molecule has 0 bridgehead atoms. The minimum Gasteiger partial charge on any atom is -0.326 e. The van der Waals surface area contributed by atoms with Gasteiger partial charge in [-0.05, 0) is 43.3 Å². The Morgan fingerprint density at radius 3 is 2.43 bits per heavy atom. The van der Waals surface area contributed by atoms with Crippen LogP contribution in [0.2, 0.25) is 5.02 Å². The van der Waals surface area contributed by atoms with E-state index in [9.17, 15) is 9.59 Å². The van der Waals surface area contributed by atoms with E-state index in [0.29, 0.717) is 11.6 Å². The van der Waals surface area contributed by atoms with E-state index >= 15 is 0 Å². The van der Waals surface area contributed by atoms with E-state index in [1.54, 1.807) is 29.2 Å². The predicted molar refractivity (Wildman–Crippen MR) is 91.7 cm³/mol. The highest BCUT2D eigenvalue weighted by atomic mass is 35.5. The van der Waals surface area contributed by atoms with Crippen LogP contribution in [0.4, 0.5) is 11.4 Å². The van der Waals surface area contributed by atoms with Gasteiger partial charge in [-0.1, -0.05) is 29.3 Å². The fourth-order valence-electron chi connectivity index (χ4n) is 2.63. The highest BCUT2D eigenvalue weighted by molar-refractivity contribution is 6.30. The number of nitrogens with zero attached hydrogens (tertiary/aromatic N) is 1. The Labute approximate surface area is 140 Å². The van der Waals surface area contributed by atoms with Crippen molar-refractivity contribution in [1.82, 2.24) is 0 Å². The van der Waals surface area contributed by atoms with Crippen molar-refractivity contribution in [3.63, 3.8) is 0 Å². The molecule has 1 aliphatic rings. The van der Waals surface area contributed by atoms with Crippen molar-refractivity contribution in [2.45, 2.75) is 13.3 Å². The Kier molecular flexibility index (Phi) is 4.35. The van der Waals surface area contributed by atoms with E-state index in [-0.39, 0.29) is 24.2 Å². The van der Waals surface area contributed by atoms with Crippen molar-refractivity contribution >= 4 is 34.8 Å². The van der Waals surface area contributed by atoms with E-state index in [1.165, 1.54) is 0 Å². The number of amides is 2. The summed E-state index contributed by atoms with van der Waals surface area (Å²) in [6.07, 6.45) is 0.223. The van der Waals surface area contributed by atoms with Crippen LogP contribution in [-0.2, 0) is 9.59 Å². The summed E-state index contributed by atoms with van der Waals surface area (Å²) in [5.74, 6) is -0.519. The molecule has 23 heavy (non-hydrogen) atoms. The molecule has 1 N–H and O–H groups in total. The third-order valence-electron chi connectivity index (χ3n) is 3.95. The molecule has 2 aromatic rings. The Hall–Kier alpha value is -2.33. The number of nitrogens with one attached hydrogen (secondary N) is 1. The summed E-state index contributed by atoms with van der Waals surface area (Å²) in [5, 5.41) is 3.49. The lowest BCUT2D eigenvalue weighted by Gasteiger charge is -2.16. The van der Waals surface area contributed by atoms with Gasteiger partial charge in [0.1, 0.15) is 0 Å². The van der Waals surface area contributed by atoms with Gasteiger partial charge in [0.25, 0.3) is 0 Å². The van der Waals surface area contributed by atoms with E-state index in [4.69, 9.17) is 11.6 Å². The number of hydrogen-bond donors (Lipinski definition) is 1.